The molecule has 116 valence electrons. The Balaban J connectivity index is 1.42. The number of aryl methyl sites for hydroxylation is 1. The normalized spacial score (nSPS) is 19.5. The second kappa shape index (κ2) is 6.27. The Labute approximate surface area is 128 Å². The highest BCUT2D eigenvalue weighted by Gasteiger charge is 2.40. The van der Waals surface area contributed by atoms with Crippen LogP contribution in [-0.4, -0.2) is 19.4 Å². The Morgan fingerprint density at radius 3 is 2.81 bits per heavy atom. The molecule has 0 aromatic heterocycles. The molecular weight excluding hydrogens is 262 g/mol. The van der Waals surface area contributed by atoms with Gasteiger partial charge in [0.15, 0.2) is 11.5 Å². The van der Waals surface area contributed by atoms with Crippen LogP contribution < -0.4 is 14.8 Å². The van der Waals surface area contributed by atoms with Crippen molar-refractivity contribution in [3.8, 4) is 11.5 Å². The van der Waals surface area contributed by atoms with Gasteiger partial charge in [0.2, 0.25) is 6.79 Å². The molecule has 0 spiro atoms. The van der Waals surface area contributed by atoms with Crippen LogP contribution in [0.15, 0.2) is 18.2 Å². The highest BCUT2D eigenvalue weighted by atomic mass is 16.7. The second-order valence-corrected chi connectivity index (χ2v) is 6.76. The van der Waals surface area contributed by atoms with Gasteiger partial charge in [0.1, 0.15) is 0 Å². The van der Waals surface area contributed by atoms with E-state index in [1.807, 2.05) is 6.07 Å². The highest BCUT2D eigenvalue weighted by molar-refractivity contribution is 5.44. The average Bonchev–Trinajstić information content (AvgIpc) is 3.09. The van der Waals surface area contributed by atoms with Crippen molar-refractivity contribution in [3.63, 3.8) is 0 Å². The van der Waals surface area contributed by atoms with E-state index in [4.69, 9.17) is 9.47 Å². The summed E-state index contributed by atoms with van der Waals surface area (Å²) in [6.45, 7) is 6.15. The summed E-state index contributed by atoms with van der Waals surface area (Å²) in [7, 11) is 0. The molecule has 2 aliphatic rings. The van der Waals surface area contributed by atoms with Crippen molar-refractivity contribution >= 4 is 0 Å². The molecule has 3 rings (SSSR count). The van der Waals surface area contributed by atoms with Crippen molar-refractivity contribution in [2.24, 2.45) is 5.41 Å². The lowest BCUT2D eigenvalue weighted by atomic mass is 9.99. The Bertz CT molecular complexity index is 482. The minimum atomic E-state index is 0.357. The van der Waals surface area contributed by atoms with Crippen LogP contribution in [-0.2, 0) is 6.42 Å². The standard InChI is InChI=1S/C18H27NO2/c1-3-8-18(9-10-18)12-19-14(2)4-5-15-6-7-16-17(11-15)21-13-20-16/h6-7,11,14,19H,3-5,8-10,12-13H2,1-2H3. The van der Waals surface area contributed by atoms with Crippen molar-refractivity contribution in [2.75, 3.05) is 13.3 Å². The maximum Gasteiger partial charge on any atom is 0.231 e. The Kier molecular flexibility index (Phi) is 4.39. The molecule has 3 heteroatoms. The molecule has 1 fully saturated rings. The van der Waals surface area contributed by atoms with Gasteiger partial charge >= 0.3 is 0 Å². The fourth-order valence-corrected chi connectivity index (χ4v) is 3.19. The summed E-state index contributed by atoms with van der Waals surface area (Å²) in [5, 5.41) is 3.74. The van der Waals surface area contributed by atoms with E-state index in [1.165, 1.54) is 44.2 Å². The van der Waals surface area contributed by atoms with Crippen molar-refractivity contribution in [3.05, 3.63) is 23.8 Å². The van der Waals surface area contributed by atoms with E-state index in [0.717, 1.165) is 17.9 Å². The van der Waals surface area contributed by atoms with Gasteiger partial charge in [0.05, 0.1) is 0 Å². The molecule has 1 unspecified atom stereocenters. The predicted molar refractivity (Wildman–Crippen MR) is 84.9 cm³/mol. The minimum absolute atomic E-state index is 0.357. The van der Waals surface area contributed by atoms with E-state index in [9.17, 15) is 0 Å². The zero-order chi connectivity index (χ0) is 14.7. The van der Waals surface area contributed by atoms with Gasteiger partial charge in [-0.1, -0.05) is 19.4 Å². The van der Waals surface area contributed by atoms with Crippen molar-refractivity contribution < 1.29 is 9.47 Å². The molecule has 3 nitrogen and oxygen atoms in total. The van der Waals surface area contributed by atoms with E-state index < -0.39 is 0 Å². The summed E-state index contributed by atoms with van der Waals surface area (Å²) in [5.41, 5.74) is 1.98. The van der Waals surface area contributed by atoms with E-state index in [2.05, 4.69) is 31.3 Å². The average molecular weight is 289 g/mol. The topological polar surface area (TPSA) is 30.5 Å². The quantitative estimate of drug-likeness (QED) is 0.787. The lowest BCUT2D eigenvalue weighted by Crippen LogP contribution is -2.32. The third-order valence-corrected chi connectivity index (χ3v) is 4.87. The molecule has 1 aliphatic carbocycles. The highest BCUT2D eigenvalue weighted by Crippen LogP contribution is 2.49. The first kappa shape index (κ1) is 14.7. The van der Waals surface area contributed by atoms with E-state index >= 15 is 0 Å². The molecule has 1 aromatic rings. The zero-order valence-electron chi connectivity index (χ0n) is 13.3. The first-order valence-corrected chi connectivity index (χ1v) is 8.33. The first-order valence-electron chi connectivity index (χ1n) is 8.33. The van der Waals surface area contributed by atoms with E-state index in [-0.39, 0.29) is 0 Å². The van der Waals surface area contributed by atoms with Crippen LogP contribution >= 0.6 is 0 Å². The number of ether oxygens (including phenoxy) is 2. The largest absolute Gasteiger partial charge is 0.454 e. The van der Waals surface area contributed by atoms with Gasteiger partial charge in [-0.05, 0) is 62.1 Å². The molecule has 1 atom stereocenters. The van der Waals surface area contributed by atoms with Crippen LogP contribution in [0.5, 0.6) is 11.5 Å². The number of hydrogen-bond donors (Lipinski definition) is 1. The van der Waals surface area contributed by atoms with Crippen LogP contribution in [0, 0.1) is 5.41 Å². The van der Waals surface area contributed by atoms with Gasteiger partial charge in [0, 0.05) is 12.6 Å². The molecule has 1 heterocycles. The van der Waals surface area contributed by atoms with Crippen LogP contribution in [0.3, 0.4) is 0 Å². The van der Waals surface area contributed by atoms with Crippen molar-refractivity contribution in [1.29, 1.82) is 0 Å². The predicted octanol–water partition coefficient (Wildman–Crippen LogP) is 3.91. The molecule has 1 saturated carbocycles. The van der Waals surface area contributed by atoms with Gasteiger partial charge in [0.25, 0.3) is 0 Å². The number of fused-ring (bicyclic) bond motifs is 1. The SMILES string of the molecule is CCCC1(CNC(C)CCc2ccc3c(c2)OCO3)CC1. The summed E-state index contributed by atoms with van der Waals surface area (Å²) in [6.07, 6.45) is 7.79. The number of rotatable bonds is 8. The first-order chi connectivity index (χ1) is 10.2. The summed E-state index contributed by atoms with van der Waals surface area (Å²) in [4.78, 5) is 0. The third kappa shape index (κ3) is 3.70. The van der Waals surface area contributed by atoms with Crippen LogP contribution in [0.4, 0.5) is 0 Å². The number of hydrogen-bond acceptors (Lipinski definition) is 3. The Hall–Kier alpha value is -1.22. The molecule has 1 N–H and O–H groups in total. The lowest BCUT2D eigenvalue weighted by Gasteiger charge is -2.19. The van der Waals surface area contributed by atoms with Crippen LogP contribution in [0.25, 0.3) is 0 Å². The minimum Gasteiger partial charge on any atom is -0.454 e. The molecular formula is C18H27NO2. The van der Waals surface area contributed by atoms with Gasteiger partial charge < -0.3 is 14.8 Å². The third-order valence-electron chi connectivity index (χ3n) is 4.87. The van der Waals surface area contributed by atoms with Gasteiger partial charge in [-0.2, -0.15) is 0 Å². The molecule has 0 amide bonds. The molecule has 1 aromatic carbocycles. The zero-order valence-corrected chi connectivity index (χ0v) is 13.3. The van der Waals surface area contributed by atoms with Gasteiger partial charge in [-0.25, -0.2) is 0 Å². The second-order valence-electron chi connectivity index (χ2n) is 6.76. The van der Waals surface area contributed by atoms with Crippen LogP contribution in [0.2, 0.25) is 0 Å². The van der Waals surface area contributed by atoms with Gasteiger partial charge in [-0.3, -0.25) is 0 Å². The summed E-state index contributed by atoms with van der Waals surface area (Å²) in [5.74, 6) is 1.77. The summed E-state index contributed by atoms with van der Waals surface area (Å²) < 4.78 is 10.8. The smallest absolute Gasteiger partial charge is 0.231 e. The summed E-state index contributed by atoms with van der Waals surface area (Å²) in [6, 6.07) is 6.87. The van der Waals surface area contributed by atoms with Gasteiger partial charge in [-0.15, -0.1) is 0 Å². The fraction of sp³-hybridized carbons (Fsp3) is 0.667. The maximum atomic E-state index is 5.44. The lowest BCUT2D eigenvalue weighted by molar-refractivity contribution is 0.174. The van der Waals surface area contributed by atoms with E-state index in [1.54, 1.807) is 0 Å². The summed E-state index contributed by atoms with van der Waals surface area (Å²) >= 11 is 0. The van der Waals surface area contributed by atoms with Crippen molar-refractivity contribution in [2.45, 2.75) is 58.4 Å². The molecule has 0 radical (unpaired) electrons. The fourth-order valence-electron chi connectivity index (χ4n) is 3.19. The maximum absolute atomic E-state index is 5.44. The molecule has 0 bridgehead atoms. The Morgan fingerprint density at radius 2 is 2.05 bits per heavy atom. The molecule has 1 aliphatic heterocycles. The van der Waals surface area contributed by atoms with E-state index in [0.29, 0.717) is 18.2 Å². The Morgan fingerprint density at radius 1 is 1.24 bits per heavy atom. The molecule has 21 heavy (non-hydrogen) atoms. The monoisotopic (exact) mass is 289 g/mol. The van der Waals surface area contributed by atoms with Crippen LogP contribution in [0.1, 0.15) is 51.5 Å². The number of benzene rings is 1. The van der Waals surface area contributed by atoms with Crippen molar-refractivity contribution in [1.82, 2.24) is 5.32 Å². The number of nitrogens with one attached hydrogen (secondary N) is 1. The molecule has 0 saturated heterocycles.